The van der Waals surface area contributed by atoms with Gasteiger partial charge in [-0.3, -0.25) is 4.79 Å². The average Bonchev–Trinajstić information content (AvgIpc) is 3.41. The zero-order chi connectivity index (χ0) is 20.2. The van der Waals surface area contributed by atoms with Crippen molar-refractivity contribution in [3.63, 3.8) is 0 Å². The molecule has 152 valence electrons. The van der Waals surface area contributed by atoms with Gasteiger partial charge in [-0.1, -0.05) is 18.2 Å². The van der Waals surface area contributed by atoms with Crippen molar-refractivity contribution in [1.82, 2.24) is 9.88 Å². The smallest absolute Gasteiger partial charge is 0.223 e. The number of aromatic amines is 1. The molecule has 1 saturated heterocycles. The van der Waals surface area contributed by atoms with Crippen LogP contribution in [0.1, 0.15) is 42.9 Å². The van der Waals surface area contributed by atoms with Gasteiger partial charge in [0.25, 0.3) is 0 Å². The molecule has 0 bridgehead atoms. The molecular weight excluding hydrogens is 364 g/mol. The molecule has 29 heavy (non-hydrogen) atoms. The Morgan fingerprint density at radius 1 is 1.17 bits per heavy atom. The lowest BCUT2D eigenvalue weighted by molar-refractivity contribution is -0.132. The average molecular weight is 392 g/mol. The predicted octanol–water partition coefficient (Wildman–Crippen LogP) is 4.87. The van der Waals surface area contributed by atoms with Gasteiger partial charge >= 0.3 is 0 Å². The Kier molecular flexibility index (Phi) is 5.74. The molecule has 0 spiro atoms. The van der Waals surface area contributed by atoms with Gasteiger partial charge < -0.3 is 19.4 Å². The van der Waals surface area contributed by atoms with Crippen LogP contribution < -0.4 is 9.47 Å². The summed E-state index contributed by atoms with van der Waals surface area (Å²) < 4.78 is 10.9. The molecule has 2 heterocycles. The molecule has 0 radical (unpaired) electrons. The summed E-state index contributed by atoms with van der Waals surface area (Å²) in [6.45, 7) is 0.811. The number of carbonyl (C=O) groups excluding carboxylic acids is 1. The Bertz CT molecular complexity index is 995. The van der Waals surface area contributed by atoms with Crippen molar-refractivity contribution in [2.75, 3.05) is 20.8 Å². The molecule has 5 heteroatoms. The number of H-pyrrole nitrogens is 1. The number of ether oxygens (including phenoxy) is 2. The summed E-state index contributed by atoms with van der Waals surface area (Å²) in [5.74, 6) is 1.78. The predicted molar refractivity (Wildman–Crippen MR) is 114 cm³/mol. The number of nitrogens with one attached hydrogen (secondary N) is 1. The molecule has 1 atom stereocenters. The Balaban J connectivity index is 1.41. The van der Waals surface area contributed by atoms with Crippen molar-refractivity contribution in [1.29, 1.82) is 0 Å². The molecule has 1 aromatic heterocycles. The molecule has 0 saturated carbocycles. The van der Waals surface area contributed by atoms with Crippen molar-refractivity contribution in [3.8, 4) is 11.5 Å². The third kappa shape index (κ3) is 3.95. The van der Waals surface area contributed by atoms with Crippen LogP contribution in [0.3, 0.4) is 0 Å². The van der Waals surface area contributed by atoms with Crippen LogP contribution in [-0.2, 0) is 11.2 Å². The largest absolute Gasteiger partial charge is 0.497 e. The number of rotatable bonds is 7. The SMILES string of the molecule is COc1ccc([C@@H]2CCCN2C(=O)CCCc2c[nH]c3ccccc23)c(OC)c1. The Morgan fingerprint density at radius 2 is 2.03 bits per heavy atom. The second-order valence-corrected chi connectivity index (χ2v) is 7.57. The zero-order valence-corrected chi connectivity index (χ0v) is 17.1. The van der Waals surface area contributed by atoms with Crippen LogP contribution in [-0.4, -0.2) is 36.6 Å². The first-order chi connectivity index (χ1) is 14.2. The minimum Gasteiger partial charge on any atom is -0.497 e. The maximum Gasteiger partial charge on any atom is 0.223 e. The highest BCUT2D eigenvalue weighted by atomic mass is 16.5. The molecule has 1 aliphatic rings. The number of hydrogen-bond donors (Lipinski definition) is 1. The van der Waals surface area contributed by atoms with E-state index in [9.17, 15) is 4.79 Å². The van der Waals surface area contributed by atoms with E-state index in [2.05, 4.69) is 29.4 Å². The fourth-order valence-electron chi connectivity index (χ4n) is 4.39. The minimum atomic E-state index is 0.0800. The van der Waals surface area contributed by atoms with E-state index >= 15 is 0 Å². The minimum absolute atomic E-state index is 0.0800. The lowest BCUT2D eigenvalue weighted by Gasteiger charge is -2.26. The van der Waals surface area contributed by atoms with Gasteiger partial charge in [0.15, 0.2) is 0 Å². The summed E-state index contributed by atoms with van der Waals surface area (Å²) in [6, 6.07) is 14.3. The molecule has 0 aliphatic carbocycles. The Hall–Kier alpha value is -2.95. The van der Waals surface area contributed by atoms with E-state index in [1.54, 1.807) is 14.2 Å². The van der Waals surface area contributed by atoms with Gasteiger partial charge in [-0.2, -0.15) is 0 Å². The summed E-state index contributed by atoms with van der Waals surface area (Å²) in [5.41, 5.74) is 3.50. The Morgan fingerprint density at radius 3 is 2.86 bits per heavy atom. The maximum absolute atomic E-state index is 13.0. The second-order valence-electron chi connectivity index (χ2n) is 7.57. The van der Waals surface area contributed by atoms with Gasteiger partial charge in [0.2, 0.25) is 5.91 Å². The fraction of sp³-hybridized carbons (Fsp3) is 0.375. The van der Waals surface area contributed by atoms with E-state index in [1.807, 2.05) is 29.2 Å². The first-order valence-electron chi connectivity index (χ1n) is 10.3. The molecule has 1 aliphatic heterocycles. The first-order valence-corrected chi connectivity index (χ1v) is 10.3. The maximum atomic E-state index is 13.0. The van der Waals surface area contributed by atoms with Gasteiger partial charge in [0.1, 0.15) is 11.5 Å². The molecule has 0 unspecified atom stereocenters. The number of aryl methyl sites for hydroxylation is 1. The summed E-state index contributed by atoms with van der Waals surface area (Å²) in [6.07, 6.45) is 6.37. The highest BCUT2D eigenvalue weighted by molar-refractivity contribution is 5.83. The van der Waals surface area contributed by atoms with Gasteiger partial charge in [0, 0.05) is 41.7 Å². The van der Waals surface area contributed by atoms with Crippen molar-refractivity contribution in [2.24, 2.45) is 0 Å². The number of aromatic nitrogens is 1. The van der Waals surface area contributed by atoms with Gasteiger partial charge in [0.05, 0.1) is 20.3 Å². The molecule has 1 fully saturated rings. The number of para-hydroxylation sites is 1. The number of hydrogen-bond acceptors (Lipinski definition) is 3. The normalized spacial score (nSPS) is 16.3. The van der Waals surface area contributed by atoms with Crippen LogP contribution in [0.5, 0.6) is 11.5 Å². The van der Waals surface area contributed by atoms with E-state index < -0.39 is 0 Å². The summed E-state index contributed by atoms with van der Waals surface area (Å²) in [5, 5.41) is 1.25. The van der Waals surface area contributed by atoms with Crippen LogP contribution in [0.15, 0.2) is 48.7 Å². The number of methoxy groups -OCH3 is 2. The fourth-order valence-corrected chi connectivity index (χ4v) is 4.39. The lowest BCUT2D eigenvalue weighted by Crippen LogP contribution is -2.30. The van der Waals surface area contributed by atoms with Crippen LogP contribution in [0.25, 0.3) is 10.9 Å². The summed E-state index contributed by atoms with van der Waals surface area (Å²) in [4.78, 5) is 18.3. The van der Waals surface area contributed by atoms with E-state index in [-0.39, 0.29) is 11.9 Å². The Labute approximate surface area is 171 Å². The van der Waals surface area contributed by atoms with E-state index in [0.717, 1.165) is 54.8 Å². The lowest BCUT2D eigenvalue weighted by atomic mass is 10.0. The molecule has 2 aromatic carbocycles. The molecule has 4 rings (SSSR count). The van der Waals surface area contributed by atoms with Gasteiger partial charge in [-0.25, -0.2) is 0 Å². The molecule has 1 N–H and O–H groups in total. The van der Waals surface area contributed by atoms with Crippen molar-refractivity contribution in [3.05, 3.63) is 59.8 Å². The number of likely N-dealkylation sites (tertiary alicyclic amines) is 1. The topological polar surface area (TPSA) is 54.6 Å². The van der Waals surface area contributed by atoms with Crippen LogP contribution in [0.4, 0.5) is 0 Å². The van der Waals surface area contributed by atoms with E-state index in [4.69, 9.17) is 9.47 Å². The second kappa shape index (κ2) is 8.60. The molecule has 3 aromatic rings. The van der Waals surface area contributed by atoms with Crippen molar-refractivity contribution >= 4 is 16.8 Å². The third-order valence-corrected chi connectivity index (χ3v) is 5.88. The standard InChI is InChI=1S/C24H28N2O3/c1-28-18-12-13-20(23(15-18)29-2)22-10-6-14-26(22)24(27)11-5-7-17-16-25-21-9-4-3-8-19(17)21/h3-4,8-9,12-13,15-16,22,25H,5-7,10-11,14H2,1-2H3/t22-/m0/s1. The van der Waals surface area contributed by atoms with E-state index in [1.165, 1.54) is 10.9 Å². The third-order valence-electron chi connectivity index (χ3n) is 5.88. The zero-order valence-electron chi connectivity index (χ0n) is 17.1. The monoisotopic (exact) mass is 392 g/mol. The van der Waals surface area contributed by atoms with Crippen molar-refractivity contribution < 1.29 is 14.3 Å². The number of fused-ring (bicyclic) bond motifs is 1. The number of carbonyl (C=O) groups is 1. The van der Waals surface area contributed by atoms with E-state index in [0.29, 0.717) is 6.42 Å². The highest BCUT2D eigenvalue weighted by Gasteiger charge is 2.31. The van der Waals surface area contributed by atoms with Gasteiger partial charge in [-0.05, 0) is 49.4 Å². The first kappa shape index (κ1) is 19.4. The van der Waals surface area contributed by atoms with Crippen LogP contribution in [0.2, 0.25) is 0 Å². The van der Waals surface area contributed by atoms with Crippen LogP contribution >= 0.6 is 0 Å². The number of amides is 1. The summed E-state index contributed by atoms with van der Waals surface area (Å²) >= 11 is 0. The van der Waals surface area contributed by atoms with Crippen LogP contribution in [0, 0.1) is 0 Å². The van der Waals surface area contributed by atoms with Gasteiger partial charge in [-0.15, -0.1) is 0 Å². The quantitative estimate of drug-likeness (QED) is 0.624. The number of benzene rings is 2. The molecule has 5 nitrogen and oxygen atoms in total. The molecular formula is C24H28N2O3. The molecule has 1 amide bonds. The van der Waals surface area contributed by atoms with Crippen molar-refractivity contribution in [2.45, 2.75) is 38.1 Å². The highest BCUT2D eigenvalue weighted by Crippen LogP contribution is 2.39. The summed E-state index contributed by atoms with van der Waals surface area (Å²) in [7, 11) is 3.31. The number of nitrogens with zero attached hydrogens (tertiary/aromatic N) is 1.